The highest BCUT2D eigenvalue weighted by Gasteiger charge is 2.17. The Morgan fingerprint density at radius 3 is 2.28 bits per heavy atom. The van der Waals surface area contributed by atoms with E-state index in [2.05, 4.69) is 16.0 Å². The molecule has 3 aromatic rings. The first-order valence-corrected chi connectivity index (χ1v) is 11.6. The predicted molar refractivity (Wildman–Crippen MR) is 139 cm³/mol. The van der Waals surface area contributed by atoms with E-state index in [-0.39, 0.29) is 32.3 Å². The summed E-state index contributed by atoms with van der Waals surface area (Å²) in [4.78, 5) is 38.1. The number of carbonyl (C=O) groups excluding carboxylic acids is 3. The van der Waals surface area contributed by atoms with Crippen LogP contribution in [0, 0.1) is 6.92 Å². The Balaban J connectivity index is 1.66. The summed E-state index contributed by atoms with van der Waals surface area (Å²) in [5.74, 6) is 0.808. The quantitative estimate of drug-likeness (QED) is 0.357. The number of anilines is 2. The first-order valence-electron chi connectivity index (χ1n) is 11.6. The number of ether oxygens (including phenoxy) is 2. The van der Waals surface area contributed by atoms with Crippen LogP contribution in [-0.2, 0) is 9.53 Å². The van der Waals surface area contributed by atoms with Crippen molar-refractivity contribution in [3.8, 4) is 11.5 Å². The number of nitrogens with zero attached hydrogens (tertiary/aromatic N) is 1. The Hall–Kier alpha value is -4.53. The van der Waals surface area contributed by atoms with Gasteiger partial charge in [-0.3, -0.25) is 9.69 Å². The van der Waals surface area contributed by atoms with Gasteiger partial charge in [0, 0.05) is 24.5 Å². The normalized spacial score (nSPS) is 10.2. The molecule has 0 saturated carbocycles. The molecule has 0 bridgehead atoms. The SMILES string of the molecule is CCOC(=O)CNC(=O)NCCN(C(=O)Nc1cccc(C)c1)c1ccc(Oc2ccccc2)cc1. The molecule has 0 aliphatic rings. The number of hydrogen-bond acceptors (Lipinski definition) is 5. The smallest absolute Gasteiger partial charge is 0.326 e. The van der Waals surface area contributed by atoms with Gasteiger partial charge in [-0.1, -0.05) is 30.3 Å². The summed E-state index contributed by atoms with van der Waals surface area (Å²) in [5, 5.41) is 7.97. The van der Waals surface area contributed by atoms with E-state index in [0.29, 0.717) is 22.9 Å². The van der Waals surface area contributed by atoms with Crippen LogP contribution < -0.4 is 25.6 Å². The molecule has 3 rings (SSSR count). The number of urea groups is 2. The molecule has 4 amide bonds. The van der Waals surface area contributed by atoms with Crippen molar-refractivity contribution in [1.29, 1.82) is 0 Å². The van der Waals surface area contributed by atoms with E-state index in [1.807, 2.05) is 55.5 Å². The Labute approximate surface area is 210 Å². The largest absolute Gasteiger partial charge is 0.465 e. The second kappa shape index (κ2) is 13.4. The van der Waals surface area contributed by atoms with E-state index >= 15 is 0 Å². The number of carbonyl (C=O) groups is 3. The number of hydrogen-bond donors (Lipinski definition) is 3. The molecule has 0 heterocycles. The highest BCUT2D eigenvalue weighted by atomic mass is 16.5. The zero-order chi connectivity index (χ0) is 25.8. The first kappa shape index (κ1) is 26.1. The topological polar surface area (TPSA) is 109 Å². The van der Waals surface area contributed by atoms with E-state index in [4.69, 9.17) is 9.47 Å². The maximum Gasteiger partial charge on any atom is 0.326 e. The molecule has 0 fully saturated rings. The van der Waals surface area contributed by atoms with Crippen molar-refractivity contribution in [1.82, 2.24) is 10.6 Å². The fourth-order valence-corrected chi connectivity index (χ4v) is 3.29. The summed E-state index contributed by atoms with van der Waals surface area (Å²) in [7, 11) is 0. The summed E-state index contributed by atoms with van der Waals surface area (Å²) in [6.45, 7) is 3.97. The third-order valence-corrected chi connectivity index (χ3v) is 4.96. The molecular formula is C27H30N4O5. The third-order valence-electron chi connectivity index (χ3n) is 4.96. The van der Waals surface area contributed by atoms with E-state index in [1.165, 1.54) is 4.90 Å². The van der Waals surface area contributed by atoms with Gasteiger partial charge in [0.1, 0.15) is 18.0 Å². The number of nitrogens with one attached hydrogen (secondary N) is 3. The molecule has 3 N–H and O–H groups in total. The van der Waals surface area contributed by atoms with Crippen LogP contribution in [0.2, 0.25) is 0 Å². The first-order chi connectivity index (χ1) is 17.4. The van der Waals surface area contributed by atoms with Gasteiger partial charge in [-0.15, -0.1) is 0 Å². The summed E-state index contributed by atoms with van der Waals surface area (Å²) in [6, 6.07) is 23.1. The maximum absolute atomic E-state index is 13.2. The zero-order valence-electron chi connectivity index (χ0n) is 20.3. The molecule has 0 atom stereocenters. The van der Waals surface area contributed by atoms with E-state index in [9.17, 15) is 14.4 Å². The molecule has 0 aliphatic heterocycles. The summed E-state index contributed by atoms with van der Waals surface area (Å²) in [6.07, 6.45) is 0. The Morgan fingerprint density at radius 2 is 1.58 bits per heavy atom. The van der Waals surface area contributed by atoms with Crippen molar-refractivity contribution in [2.45, 2.75) is 13.8 Å². The predicted octanol–water partition coefficient (Wildman–Crippen LogP) is 4.69. The van der Waals surface area contributed by atoms with Gasteiger partial charge in [-0.05, 0) is 67.9 Å². The minimum absolute atomic E-state index is 0.151. The maximum atomic E-state index is 13.2. The van der Waals surface area contributed by atoms with Crippen LogP contribution in [0.1, 0.15) is 12.5 Å². The fourth-order valence-electron chi connectivity index (χ4n) is 3.29. The molecule has 0 aliphatic carbocycles. The van der Waals surface area contributed by atoms with Gasteiger partial charge < -0.3 is 25.4 Å². The average Bonchev–Trinajstić information content (AvgIpc) is 2.87. The molecule has 9 heteroatoms. The van der Waals surface area contributed by atoms with Crippen LogP contribution in [0.5, 0.6) is 11.5 Å². The summed E-state index contributed by atoms with van der Waals surface area (Å²) < 4.78 is 10.6. The Morgan fingerprint density at radius 1 is 0.861 bits per heavy atom. The van der Waals surface area contributed by atoms with Gasteiger partial charge in [0.2, 0.25) is 0 Å². The minimum atomic E-state index is -0.534. The van der Waals surface area contributed by atoms with Crippen LogP contribution in [0.15, 0.2) is 78.9 Å². The lowest BCUT2D eigenvalue weighted by molar-refractivity contribution is -0.141. The lowest BCUT2D eigenvalue weighted by Crippen LogP contribution is -2.44. The highest BCUT2D eigenvalue weighted by molar-refractivity contribution is 6.01. The molecule has 0 aromatic heterocycles. The lowest BCUT2D eigenvalue weighted by Gasteiger charge is -2.24. The van der Waals surface area contributed by atoms with Crippen molar-refractivity contribution in [2.24, 2.45) is 0 Å². The molecule has 188 valence electrons. The minimum Gasteiger partial charge on any atom is -0.465 e. The van der Waals surface area contributed by atoms with Crippen LogP contribution in [0.4, 0.5) is 21.0 Å². The van der Waals surface area contributed by atoms with Gasteiger partial charge in [0.15, 0.2) is 0 Å². The molecule has 0 radical (unpaired) electrons. The van der Waals surface area contributed by atoms with Crippen LogP contribution in [-0.4, -0.2) is 44.3 Å². The molecule has 0 unspecified atom stereocenters. The summed E-state index contributed by atoms with van der Waals surface area (Å²) in [5.41, 5.74) is 2.30. The standard InChI is InChI=1S/C27H30N4O5/c1-3-35-25(32)19-29-26(33)28-16-17-31(27(34)30-21-9-7-8-20(2)18-21)22-12-14-24(15-13-22)36-23-10-5-4-6-11-23/h4-15,18H,3,16-17,19H2,1-2H3,(H,30,34)(H2,28,29,33). The van der Waals surface area contributed by atoms with Crippen molar-refractivity contribution in [3.63, 3.8) is 0 Å². The molecule has 0 saturated heterocycles. The molecular weight excluding hydrogens is 460 g/mol. The second-order valence-corrected chi connectivity index (χ2v) is 7.77. The van der Waals surface area contributed by atoms with Crippen molar-refractivity contribution >= 4 is 29.4 Å². The third kappa shape index (κ3) is 8.35. The van der Waals surface area contributed by atoms with Crippen molar-refractivity contribution in [2.75, 3.05) is 36.5 Å². The molecule has 36 heavy (non-hydrogen) atoms. The second-order valence-electron chi connectivity index (χ2n) is 7.77. The Bertz CT molecular complexity index is 1150. The fraction of sp³-hybridized carbons (Fsp3) is 0.222. The zero-order valence-corrected chi connectivity index (χ0v) is 20.3. The monoisotopic (exact) mass is 490 g/mol. The van der Waals surface area contributed by atoms with Gasteiger partial charge in [0.25, 0.3) is 0 Å². The molecule has 9 nitrogen and oxygen atoms in total. The van der Waals surface area contributed by atoms with Gasteiger partial charge >= 0.3 is 18.0 Å². The van der Waals surface area contributed by atoms with Crippen LogP contribution in [0.3, 0.4) is 0 Å². The highest BCUT2D eigenvalue weighted by Crippen LogP contribution is 2.25. The van der Waals surface area contributed by atoms with Gasteiger partial charge in [0.05, 0.1) is 6.61 Å². The summed E-state index contributed by atoms with van der Waals surface area (Å²) >= 11 is 0. The van der Waals surface area contributed by atoms with E-state index < -0.39 is 12.0 Å². The van der Waals surface area contributed by atoms with Gasteiger partial charge in [-0.25, -0.2) is 9.59 Å². The molecule has 0 spiro atoms. The number of para-hydroxylation sites is 1. The Kier molecular flexibility index (Phi) is 9.69. The molecule has 3 aromatic carbocycles. The lowest BCUT2D eigenvalue weighted by atomic mass is 10.2. The van der Waals surface area contributed by atoms with Gasteiger partial charge in [-0.2, -0.15) is 0 Å². The number of benzene rings is 3. The van der Waals surface area contributed by atoms with Crippen molar-refractivity contribution in [3.05, 3.63) is 84.4 Å². The average molecular weight is 491 g/mol. The van der Waals surface area contributed by atoms with E-state index in [0.717, 1.165) is 5.56 Å². The number of esters is 1. The van der Waals surface area contributed by atoms with Crippen LogP contribution in [0.25, 0.3) is 0 Å². The number of amides is 4. The van der Waals surface area contributed by atoms with Crippen molar-refractivity contribution < 1.29 is 23.9 Å². The number of aryl methyl sites for hydroxylation is 1. The number of rotatable bonds is 10. The van der Waals surface area contributed by atoms with E-state index in [1.54, 1.807) is 37.3 Å². The van der Waals surface area contributed by atoms with Crippen LogP contribution >= 0.6 is 0 Å².